The molecule has 0 unspecified atom stereocenters. The molecule has 1 aliphatic heterocycles. The zero-order chi connectivity index (χ0) is 21.6. The van der Waals surface area contributed by atoms with Gasteiger partial charge in [0.25, 0.3) is 0 Å². The van der Waals surface area contributed by atoms with Gasteiger partial charge in [0, 0.05) is 32.1 Å². The summed E-state index contributed by atoms with van der Waals surface area (Å²) in [4.78, 5) is 28.6. The highest BCUT2D eigenvalue weighted by Crippen LogP contribution is 2.20. The van der Waals surface area contributed by atoms with E-state index in [1.165, 1.54) is 10.9 Å². The molecule has 31 heavy (non-hydrogen) atoms. The highest BCUT2D eigenvalue weighted by Gasteiger charge is 2.16. The van der Waals surface area contributed by atoms with E-state index in [4.69, 9.17) is 4.74 Å². The quantitative estimate of drug-likeness (QED) is 0.570. The van der Waals surface area contributed by atoms with Gasteiger partial charge >= 0.3 is 11.7 Å². The number of fused-ring (bicyclic) bond motifs is 1. The number of carbonyl (C=O) groups is 1. The molecule has 0 radical (unpaired) electrons. The topological polar surface area (TPSA) is 103 Å². The van der Waals surface area contributed by atoms with Crippen LogP contribution in [0.25, 0.3) is 0 Å². The molecule has 2 N–H and O–H groups in total. The van der Waals surface area contributed by atoms with Crippen molar-refractivity contribution in [2.24, 2.45) is 0 Å². The maximum absolute atomic E-state index is 12.3. The first-order chi connectivity index (χ1) is 15.1. The molecule has 0 saturated carbocycles. The molecular formula is C22H26N6O3. The molecule has 4 rings (SSSR count). The summed E-state index contributed by atoms with van der Waals surface area (Å²) in [6.07, 6.45) is 5.11. The van der Waals surface area contributed by atoms with Crippen LogP contribution in [-0.2, 0) is 19.5 Å². The number of amides is 2. The number of urea groups is 1. The van der Waals surface area contributed by atoms with Crippen LogP contribution in [0.3, 0.4) is 0 Å². The molecule has 0 fully saturated rings. The molecule has 1 aromatic carbocycles. The van der Waals surface area contributed by atoms with E-state index in [1.54, 1.807) is 16.7 Å². The summed E-state index contributed by atoms with van der Waals surface area (Å²) in [5.74, 6) is 2.02. The van der Waals surface area contributed by atoms with Gasteiger partial charge in [-0.3, -0.25) is 4.57 Å². The Hall–Kier alpha value is -3.62. The Labute approximate surface area is 180 Å². The van der Waals surface area contributed by atoms with Crippen LogP contribution in [0.1, 0.15) is 30.7 Å². The number of nitrogens with one attached hydrogen (secondary N) is 2. The first-order valence-electron chi connectivity index (χ1n) is 10.5. The number of carbonyl (C=O) groups excluding carboxylic acids is 1. The van der Waals surface area contributed by atoms with Gasteiger partial charge in [0.2, 0.25) is 5.88 Å². The van der Waals surface area contributed by atoms with Crippen molar-refractivity contribution in [2.75, 3.05) is 11.9 Å². The summed E-state index contributed by atoms with van der Waals surface area (Å²) in [6.45, 7) is 3.67. The minimum Gasteiger partial charge on any atom is -0.439 e. The largest absolute Gasteiger partial charge is 0.439 e. The number of aromatic nitrogens is 4. The van der Waals surface area contributed by atoms with E-state index < -0.39 is 0 Å². The van der Waals surface area contributed by atoms with Crippen LogP contribution in [0.2, 0.25) is 0 Å². The number of pyridine rings is 1. The van der Waals surface area contributed by atoms with Crippen LogP contribution in [0.4, 0.5) is 10.5 Å². The first kappa shape index (κ1) is 20.6. The lowest BCUT2D eigenvalue weighted by atomic mass is 10.2. The minimum absolute atomic E-state index is 0.0572. The van der Waals surface area contributed by atoms with Gasteiger partial charge in [0.05, 0.1) is 11.9 Å². The fourth-order valence-electron chi connectivity index (χ4n) is 3.44. The van der Waals surface area contributed by atoms with Crippen molar-refractivity contribution in [3.8, 4) is 11.6 Å². The van der Waals surface area contributed by atoms with E-state index in [2.05, 4.69) is 20.7 Å². The highest BCUT2D eigenvalue weighted by atomic mass is 16.5. The fourth-order valence-corrected chi connectivity index (χ4v) is 3.44. The predicted molar refractivity (Wildman–Crippen MR) is 117 cm³/mol. The molecule has 0 spiro atoms. The molecule has 9 heteroatoms. The van der Waals surface area contributed by atoms with Crippen molar-refractivity contribution in [2.45, 2.75) is 45.7 Å². The van der Waals surface area contributed by atoms with Crippen molar-refractivity contribution >= 4 is 11.7 Å². The molecule has 1 aliphatic rings. The second-order valence-corrected chi connectivity index (χ2v) is 7.57. The standard InChI is InChI=1S/C22H26N6O3/c1-16-6-9-18(10-7-16)31-20-11-8-17(15-24-20)25-21(29)23-12-4-14-28-22(30)27-13-3-2-5-19(27)26-28/h6-11,15H,2-5,12-14H2,1H3,(H2,23,25,29). The molecule has 0 saturated heterocycles. The second-order valence-electron chi connectivity index (χ2n) is 7.57. The number of rotatable bonds is 7. The van der Waals surface area contributed by atoms with Gasteiger partial charge in [-0.1, -0.05) is 17.7 Å². The minimum atomic E-state index is -0.328. The van der Waals surface area contributed by atoms with Crippen LogP contribution < -0.4 is 21.1 Å². The van der Waals surface area contributed by atoms with Crippen molar-refractivity contribution in [3.63, 3.8) is 0 Å². The average Bonchev–Trinajstić information content (AvgIpc) is 3.10. The van der Waals surface area contributed by atoms with Crippen molar-refractivity contribution < 1.29 is 9.53 Å². The third-order valence-electron chi connectivity index (χ3n) is 5.10. The Kier molecular flexibility index (Phi) is 6.30. The zero-order valence-electron chi connectivity index (χ0n) is 17.5. The number of aryl methyl sites for hydroxylation is 3. The Morgan fingerprint density at radius 3 is 2.74 bits per heavy atom. The van der Waals surface area contributed by atoms with Gasteiger partial charge in [-0.15, -0.1) is 0 Å². The summed E-state index contributed by atoms with van der Waals surface area (Å²) in [5.41, 5.74) is 1.66. The Balaban J connectivity index is 1.20. The van der Waals surface area contributed by atoms with Crippen LogP contribution >= 0.6 is 0 Å². The fraction of sp³-hybridized carbons (Fsp3) is 0.364. The van der Waals surface area contributed by atoms with Gasteiger partial charge in [0.1, 0.15) is 11.6 Å². The van der Waals surface area contributed by atoms with Gasteiger partial charge < -0.3 is 15.4 Å². The van der Waals surface area contributed by atoms with Crippen LogP contribution in [0.5, 0.6) is 11.6 Å². The first-order valence-corrected chi connectivity index (χ1v) is 10.5. The van der Waals surface area contributed by atoms with E-state index in [0.29, 0.717) is 36.8 Å². The maximum Gasteiger partial charge on any atom is 0.345 e. The number of anilines is 1. The lowest BCUT2D eigenvalue weighted by Crippen LogP contribution is -2.31. The molecule has 2 amide bonds. The molecule has 3 aromatic rings. The third kappa shape index (κ3) is 5.30. The van der Waals surface area contributed by atoms with E-state index in [-0.39, 0.29) is 11.7 Å². The normalized spacial score (nSPS) is 12.8. The van der Waals surface area contributed by atoms with Crippen molar-refractivity contribution in [1.82, 2.24) is 24.6 Å². The van der Waals surface area contributed by atoms with Gasteiger partial charge in [-0.05, 0) is 44.4 Å². The molecule has 0 atom stereocenters. The van der Waals surface area contributed by atoms with Gasteiger partial charge in [-0.25, -0.2) is 19.3 Å². The molecular weight excluding hydrogens is 396 g/mol. The molecule has 9 nitrogen and oxygen atoms in total. The lowest BCUT2D eigenvalue weighted by Gasteiger charge is -2.09. The summed E-state index contributed by atoms with van der Waals surface area (Å²) < 4.78 is 8.93. The third-order valence-corrected chi connectivity index (χ3v) is 5.10. The van der Waals surface area contributed by atoms with Crippen LogP contribution in [-0.4, -0.2) is 31.9 Å². The van der Waals surface area contributed by atoms with Crippen LogP contribution in [0, 0.1) is 6.92 Å². The maximum atomic E-state index is 12.3. The van der Waals surface area contributed by atoms with Gasteiger partial charge in [-0.2, -0.15) is 5.10 Å². The number of ether oxygens (including phenoxy) is 1. The average molecular weight is 422 g/mol. The van der Waals surface area contributed by atoms with E-state index in [9.17, 15) is 9.59 Å². The number of hydrogen-bond acceptors (Lipinski definition) is 5. The summed E-state index contributed by atoms with van der Waals surface area (Å²) in [5, 5.41) is 9.91. The Morgan fingerprint density at radius 2 is 2.00 bits per heavy atom. The summed E-state index contributed by atoms with van der Waals surface area (Å²) in [7, 11) is 0. The summed E-state index contributed by atoms with van der Waals surface area (Å²) >= 11 is 0. The van der Waals surface area contributed by atoms with Crippen molar-refractivity contribution in [3.05, 3.63) is 64.5 Å². The van der Waals surface area contributed by atoms with Crippen LogP contribution in [0.15, 0.2) is 47.4 Å². The summed E-state index contributed by atoms with van der Waals surface area (Å²) in [6, 6.07) is 10.8. The van der Waals surface area contributed by atoms with Gasteiger partial charge in [0.15, 0.2) is 0 Å². The number of hydrogen-bond donors (Lipinski definition) is 2. The monoisotopic (exact) mass is 422 g/mol. The van der Waals surface area contributed by atoms with E-state index >= 15 is 0 Å². The molecule has 2 aromatic heterocycles. The second kappa shape index (κ2) is 9.46. The molecule has 162 valence electrons. The number of nitrogens with zero attached hydrogens (tertiary/aromatic N) is 4. The molecule has 0 aliphatic carbocycles. The Morgan fingerprint density at radius 1 is 1.16 bits per heavy atom. The van der Waals surface area contributed by atoms with Crippen molar-refractivity contribution in [1.29, 1.82) is 0 Å². The Bertz CT molecular complexity index is 1090. The SMILES string of the molecule is Cc1ccc(Oc2ccc(NC(=O)NCCCn3nc4n(c3=O)CCCC4)cn2)cc1. The van der Waals surface area contributed by atoms with E-state index in [1.807, 2.05) is 31.2 Å². The molecule has 3 heterocycles. The number of benzene rings is 1. The smallest absolute Gasteiger partial charge is 0.345 e. The highest BCUT2D eigenvalue weighted by molar-refractivity contribution is 5.88. The predicted octanol–water partition coefficient (Wildman–Crippen LogP) is 3.09. The lowest BCUT2D eigenvalue weighted by molar-refractivity contribution is 0.251. The molecule has 0 bridgehead atoms. The zero-order valence-corrected chi connectivity index (χ0v) is 17.5. The van der Waals surface area contributed by atoms with E-state index in [0.717, 1.165) is 37.2 Å².